The van der Waals surface area contributed by atoms with Crippen molar-refractivity contribution >= 4 is 31.8 Å². The van der Waals surface area contributed by atoms with Crippen LogP contribution in [0.15, 0.2) is 79.1 Å². The Labute approximate surface area is 120 Å². The molecule has 2 nitrogen and oxygen atoms in total. The van der Waals surface area contributed by atoms with Crippen LogP contribution in [0.3, 0.4) is 0 Å². The molecule has 0 aliphatic heterocycles. The molecule has 1 aromatic carbocycles. The van der Waals surface area contributed by atoms with E-state index in [0.717, 1.165) is 0 Å². The van der Waals surface area contributed by atoms with Crippen LogP contribution in [0.4, 0.5) is 0 Å². The van der Waals surface area contributed by atoms with E-state index in [4.69, 9.17) is 0 Å². The molecule has 2 aromatic heterocycles. The molecule has 0 atom stereocenters. The van der Waals surface area contributed by atoms with Gasteiger partial charge >= 0.3 is 121 Å². The van der Waals surface area contributed by atoms with E-state index in [0.29, 0.717) is 0 Å². The van der Waals surface area contributed by atoms with Crippen LogP contribution in [0.25, 0.3) is 0 Å². The summed E-state index contributed by atoms with van der Waals surface area (Å²) in [5.74, 6) is 0. The van der Waals surface area contributed by atoms with Gasteiger partial charge in [-0.1, -0.05) is 0 Å². The Hall–Kier alpha value is -1.60. The number of hydrogen-bond donors (Lipinski definition) is 0. The first-order chi connectivity index (χ1) is 9.45. The number of rotatable bonds is 3. The van der Waals surface area contributed by atoms with Crippen molar-refractivity contribution in [3.05, 3.63) is 79.1 Å². The Bertz CT molecular complexity index is 533. The molecule has 0 fully saturated rings. The standard InChI is InChI=1S/C6H5.2C5H4N.Bi/c3*1-2-4-6-5-3-1;/h1-5H;2*1-4H;/q;;;+2. The molecular weight excluding hydrogens is 429 g/mol. The quantitative estimate of drug-likeness (QED) is 0.566. The number of pyridine rings is 2. The average Bonchev–Trinajstić information content (AvgIpc) is 2.51. The van der Waals surface area contributed by atoms with E-state index < -0.39 is 21.8 Å². The third kappa shape index (κ3) is 2.88. The summed E-state index contributed by atoms with van der Waals surface area (Å²) in [6, 6.07) is 23.0. The zero-order valence-electron chi connectivity index (χ0n) is 10.3. The first kappa shape index (κ1) is 12.4. The van der Waals surface area contributed by atoms with Crippen LogP contribution in [-0.4, -0.2) is 31.7 Å². The molecular formula is C16H13BiN2+2. The summed E-state index contributed by atoms with van der Waals surface area (Å²) >= 11 is -2.29. The summed E-state index contributed by atoms with van der Waals surface area (Å²) in [6.45, 7) is 0. The maximum absolute atomic E-state index is 4.58. The van der Waals surface area contributed by atoms with Gasteiger partial charge in [0.2, 0.25) is 0 Å². The molecule has 0 spiro atoms. The van der Waals surface area contributed by atoms with Gasteiger partial charge in [-0.15, -0.1) is 0 Å². The van der Waals surface area contributed by atoms with Crippen LogP contribution in [0.1, 0.15) is 0 Å². The SMILES string of the molecule is c1cc[c]([Bi+2]([c]2ccccn2)[c]2ccccn2)cc1. The minimum atomic E-state index is -2.29. The van der Waals surface area contributed by atoms with Crippen molar-refractivity contribution in [2.75, 3.05) is 0 Å². The van der Waals surface area contributed by atoms with E-state index in [9.17, 15) is 0 Å². The predicted molar refractivity (Wildman–Crippen MR) is 79.6 cm³/mol. The summed E-state index contributed by atoms with van der Waals surface area (Å²) < 4.78 is 3.86. The molecule has 2 heterocycles. The molecule has 3 rings (SSSR count). The molecule has 3 heteroatoms. The minimum absolute atomic E-state index is 1.22. The fourth-order valence-corrected chi connectivity index (χ4v) is 9.97. The van der Waals surface area contributed by atoms with Crippen LogP contribution in [0.2, 0.25) is 0 Å². The molecule has 0 radical (unpaired) electrons. The molecule has 0 unspecified atom stereocenters. The van der Waals surface area contributed by atoms with Crippen LogP contribution in [0.5, 0.6) is 0 Å². The molecule has 0 saturated heterocycles. The van der Waals surface area contributed by atoms with Crippen molar-refractivity contribution in [2.24, 2.45) is 0 Å². The summed E-state index contributed by atoms with van der Waals surface area (Å²) in [5.41, 5.74) is 0. The van der Waals surface area contributed by atoms with Gasteiger partial charge in [-0.2, -0.15) is 0 Å². The Morgan fingerprint density at radius 1 is 0.579 bits per heavy atom. The molecule has 0 bridgehead atoms. The van der Waals surface area contributed by atoms with Gasteiger partial charge < -0.3 is 0 Å². The Kier molecular flexibility index (Phi) is 3.95. The van der Waals surface area contributed by atoms with Gasteiger partial charge in [-0.25, -0.2) is 0 Å². The first-order valence-electron chi connectivity index (χ1n) is 6.12. The molecule has 0 amide bonds. The van der Waals surface area contributed by atoms with Gasteiger partial charge in [0.15, 0.2) is 0 Å². The van der Waals surface area contributed by atoms with Crippen molar-refractivity contribution in [1.82, 2.24) is 9.97 Å². The van der Waals surface area contributed by atoms with Crippen LogP contribution in [0, 0.1) is 0 Å². The number of aromatic nitrogens is 2. The number of hydrogen-bond acceptors (Lipinski definition) is 2. The van der Waals surface area contributed by atoms with Gasteiger partial charge in [0.05, 0.1) is 0 Å². The van der Waals surface area contributed by atoms with Crippen molar-refractivity contribution in [3.63, 3.8) is 0 Å². The topological polar surface area (TPSA) is 25.8 Å². The predicted octanol–water partition coefficient (Wildman–Crippen LogP) is 0.993. The molecule has 0 N–H and O–H groups in total. The third-order valence-corrected chi connectivity index (χ3v) is 11.6. The third-order valence-electron chi connectivity index (χ3n) is 2.77. The summed E-state index contributed by atoms with van der Waals surface area (Å²) in [6.07, 6.45) is 3.76. The zero-order chi connectivity index (χ0) is 12.9. The fraction of sp³-hybridized carbons (Fsp3) is 0. The zero-order valence-corrected chi connectivity index (χ0v) is 13.8. The Balaban J connectivity index is 2.12. The van der Waals surface area contributed by atoms with Crippen molar-refractivity contribution in [1.29, 1.82) is 0 Å². The molecule has 0 aliphatic carbocycles. The number of nitrogens with zero attached hydrogens (tertiary/aromatic N) is 2. The van der Waals surface area contributed by atoms with Gasteiger partial charge in [-0.3, -0.25) is 0 Å². The number of benzene rings is 1. The second-order valence-corrected chi connectivity index (χ2v) is 12.2. The van der Waals surface area contributed by atoms with Gasteiger partial charge in [0.25, 0.3) is 0 Å². The summed E-state index contributed by atoms with van der Waals surface area (Å²) in [5, 5.41) is 0. The fourth-order valence-electron chi connectivity index (χ4n) is 1.93. The Morgan fingerprint density at radius 2 is 1.11 bits per heavy atom. The van der Waals surface area contributed by atoms with Gasteiger partial charge in [-0.05, 0) is 0 Å². The summed E-state index contributed by atoms with van der Waals surface area (Å²) in [7, 11) is 0. The summed E-state index contributed by atoms with van der Waals surface area (Å²) in [4.78, 5) is 9.16. The van der Waals surface area contributed by atoms with Gasteiger partial charge in [0.1, 0.15) is 0 Å². The van der Waals surface area contributed by atoms with Crippen molar-refractivity contribution < 1.29 is 0 Å². The Morgan fingerprint density at radius 3 is 1.58 bits per heavy atom. The van der Waals surface area contributed by atoms with E-state index >= 15 is 0 Å². The van der Waals surface area contributed by atoms with Crippen LogP contribution in [-0.2, 0) is 0 Å². The van der Waals surface area contributed by atoms with Crippen LogP contribution < -0.4 is 10.1 Å². The van der Waals surface area contributed by atoms with Crippen molar-refractivity contribution in [2.45, 2.75) is 0 Å². The van der Waals surface area contributed by atoms with E-state index in [1.54, 1.807) is 0 Å². The second-order valence-electron chi connectivity index (χ2n) is 4.05. The van der Waals surface area contributed by atoms with E-state index in [-0.39, 0.29) is 0 Å². The first-order valence-corrected chi connectivity index (χ1v) is 11.3. The van der Waals surface area contributed by atoms with Crippen LogP contribution >= 0.6 is 0 Å². The normalized spacial score (nSPS) is 10.1. The van der Waals surface area contributed by atoms with E-state index in [2.05, 4.69) is 64.6 Å². The second kappa shape index (κ2) is 6.03. The molecule has 0 saturated carbocycles. The molecule has 0 aliphatic rings. The van der Waals surface area contributed by atoms with Crippen molar-refractivity contribution in [3.8, 4) is 0 Å². The maximum atomic E-state index is 4.58. The van der Waals surface area contributed by atoms with E-state index in [1.165, 1.54) is 10.1 Å². The van der Waals surface area contributed by atoms with Gasteiger partial charge in [0, 0.05) is 0 Å². The molecule has 90 valence electrons. The van der Waals surface area contributed by atoms with E-state index in [1.807, 2.05) is 24.5 Å². The monoisotopic (exact) mass is 442 g/mol. The molecule has 3 aromatic rings. The average molecular weight is 442 g/mol. The molecule has 19 heavy (non-hydrogen) atoms.